The fraction of sp³-hybridized carbons (Fsp3) is 0.263. The van der Waals surface area contributed by atoms with E-state index in [0.29, 0.717) is 39.6 Å². The van der Waals surface area contributed by atoms with E-state index in [9.17, 15) is 13.2 Å². The average molecular weight is 498 g/mol. The van der Waals surface area contributed by atoms with Crippen LogP contribution < -0.4 is 23.9 Å². The number of halogens is 1. The van der Waals surface area contributed by atoms with Gasteiger partial charge in [0.2, 0.25) is 16.8 Å². The molecule has 1 heterocycles. The number of nitrogens with zero attached hydrogens (tertiary/aromatic N) is 2. The second kappa shape index (κ2) is 9.35. The Kier molecular flexibility index (Phi) is 6.83. The predicted octanol–water partition coefficient (Wildman–Crippen LogP) is 2.49. The zero-order valence-electron chi connectivity index (χ0n) is 16.3. The standard InChI is InChI=1S/C19H20BrN3O6S/c1-3-27-15-6-4-14(5-7-15)23(30(2,25)26)11-19(24)22-21-10-13-8-17-18(9-16(13)20)29-12-28-17/h4-10H,3,11-12H2,1-2H3,(H,22,24). The highest BCUT2D eigenvalue weighted by molar-refractivity contribution is 9.10. The van der Waals surface area contributed by atoms with Gasteiger partial charge in [-0.05, 0) is 59.3 Å². The number of hydrazone groups is 1. The Bertz CT molecular complexity index is 1060. The molecule has 160 valence electrons. The van der Waals surface area contributed by atoms with Crippen molar-refractivity contribution in [2.24, 2.45) is 5.10 Å². The van der Waals surface area contributed by atoms with Crippen molar-refractivity contribution in [2.75, 3.05) is 30.5 Å². The first kappa shape index (κ1) is 21.9. The van der Waals surface area contributed by atoms with E-state index >= 15 is 0 Å². The summed E-state index contributed by atoms with van der Waals surface area (Å²) in [5.74, 6) is 1.20. The Labute approximate surface area is 182 Å². The minimum Gasteiger partial charge on any atom is -0.494 e. The molecular formula is C19H20BrN3O6S. The van der Waals surface area contributed by atoms with Gasteiger partial charge in [0, 0.05) is 10.0 Å². The van der Waals surface area contributed by atoms with Crippen LogP contribution in [-0.2, 0) is 14.8 Å². The van der Waals surface area contributed by atoms with Crippen LogP contribution in [0.25, 0.3) is 0 Å². The highest BCUT2D eigenvalue weighted by Crippen LogP contribution is 2.36. The molecule has 11 heteroatoms. The molecule has 9 nitrogen and oxygen atoms in total. The van der Waals surface area contributed by atoms with Crippen molar-refractivity contribution in [3.8, 4) is 17.2 Å². The average Bonchev–Trinajstić information content (AvgIpc) is 3.13. The van der Waals surface area contributed by atoms with E-state index in [1.165, 1.54) is 6.21 Å². The number of carbonyl (C=O) groups excluding carboxylic acids is 1. The third-order valence-electron chi connectivity index (χ3n) is 4.01. The smallest absolute Gasteiger partial charge is 0.260 e. The molecule has 0 aliphatic carbocycles. The van der Waals surface area contributed by atoms with Gasteiger partial charge >= 0.3 is 0 Å². The molecule has 0 spiro atoms. The number of sulfonamides is 1. The molecule has 3 rings (SSSR count). The first-order valence-corrected chi connectivity index (χ1v) is 11.5. The molecular weight excluding hydrogens is 478 g/mol. The Hall–Kier alpha value is -2.79. The summed E-state index contributed by atoms with van der Waals surface area (Å²) < 4.78 is 42.0. The molecule has 1 aliphatic heterocycles. The number of benzene rings is 2. The predicted molar refractivity (Wildman–Crippen MR) is 116 cm³/mol. The molecule has 0 radical (unpaired) electrons. The largest absolute Gasteiger partial charge is 0.494 e. The van der Waals surface area contributed by atoms with Gasteiger partial charge in [-0.25, -0.2) is 13.8 Å². The van der Waals surface area contributed by atoms with Gasteiger partial charge in [-0.15, -0.1) is 0 Å². The molecule has 1 amide bonds. The second-order valence-electron chi connectivity index (χ2n) is 6.22. The molecule has 0 aromatic heterocycles. The van der Waals surface area contributed by atoms with Crippen molar-refractivity contribution in [1.29, 1.82) is 0 Å². The molecule has 2 aromatic rings. The third-order valence-corrected chi connectivity index (χ3v) is 5.84. The third kappa shape index (κ3) is 5.42. The normalized spacial score (nSPS) is 12.8. The summed E-state index contributed by atoms with van der Waals surface area (Å²) in [7, 11) is -3.69. The van der Waals surface area contributed by atoms with Crippen molar-refractivity contribution in [1.82, 2.24) is 5.43 Å². The van der Waals surface area contributed by atoms with Gasteiger partial charge in [-0.3, -0.25) is 9.10 Å². The van der Waals surface area contributed by atoms with Crippen molar-refractivity contribution in [3.05, 3.63) is 46.4 Å². The van der Waals surface area contributed by atoms with Gasteiger partial charge in [-0.1, -0.05) is 0 Å². The van der Waals surface area contributed by atoms with Crippen molar-refractivity contribution in [2.45, 2.75) is 6.92 Å². The number of fused-ring (bicyclic) bond motifs is 1. The summed E-state index contributed by atoms with van der Waals surface area (Å²) in [5.41, 5.74) is 3.34. The topological polar surface area (TPSA) is 107 Å². The summed E-state index contributed by atoms with van der Waals surface area (Å²) >= 11 is 3.39. The molecule has 30 heavy (non-hydrogen) atoms. The number of hydrogen-bond acceptors (Lipinski definition) is 7. The SMILES string of the molecule is CCOc1ccc(N(CC(=O)NN=Cc2cc3c(cc2Br)OCO3)S(C)(=O)=O)cc1. The molecule has 0 bridgehead atoms. The van der Waals surface area contributed by atoms with E-state index in [2.05, 4.69) is 26.5 Å². The zero-order valence-corrected chi connectivity index (χ0v) is 18.7. The van der Waals surface area contributed by atoms with Crippen LogP contribution in [0.2, 0.25) is 0 Å². The Balaban J connectivity index is 1.67. The number of carbonyl (C=O) groups is 1. The number of ether oxygens (including phenoxy) is 3. The minimum atomic E-state index is -3.69. The lowest BCUT2D eigenvalue weighted by Gasteiger charge is -2.21. The Morgan fingerprint density at radius 3 is 2.57 bits per heavy atom. The van der Waals surface area contributed by atoms with E-state index in [1.807, 2.05) is 6.92 Å². The fourth-order valence-electron chi connectivity index (χ4n) is 2.65. The lowest BCUT2D eigenvalue weighted by molar-refractivity contribution is -0.119. The van der Waals surface area contributed by atoms with Gasteiger partial charge in [0.25, 0.3) is 5.91 Å². The van der Waals surface area contributed by atoms with E-state index in [4.69, 9.17) is 14.2 Å². The number of rotatable bonds is 8. The van der Waals surface area contributed by atoms with Crippen LogP contribution >= 0.6 is 15.9 Å². The lowest BCUT2D eigenvalue weighted by atomic mass is 10.2. The molecule has 2 aromatic carbocycles. The van der Waals surface area contributed by atoms with E-state index < -0.39 is 22.5 Å². The Morgan fingerprint density at radius 1 is 1.27 bits per heavy atom. The van der Waals surface area contributed by atoms with Gasteiger partial charge in [0.15, 0.2) is 11.5 Å². The molecule has 0 saturated heterocycles. The van der Waals surface area contributed by atoms with Crippen LogP contribution in [0.3, 0.4) is 0 Å². The number of anilines is 1. The number of nitrogens with one attached hydrogen (secondary N) is 1. The molecule has 0 saturated carbocycles. The Morgan fingerprint density at radius 2 is 1.93 bits per heavy atom. The molecule has 0 fully saturated rings. The molecule has 0 atom stereocenters. The highest BCUT2D eigenvalue weighted by atomic mass is 79.9. The number of hydrogen-bond donors (Lipinski definition) is 1. The van der Waals surface area contributed by atoms with Crippen molar-refractivity contribution < 1.29 is 27.4 Å². The van der Waals surface area contributed by atoms with Crippen LogP contribution in [0.15, 0.2) is 46.0 Å². The first-order valence-electron chi connectivity index (χ1n) is 8.89. The molecule has 1 aliphatic rings. The van der Waals surface area contributed by atoms with Crippen LogP contribution in [0.1, 0.15) is 12.5 Å². The minimum absolute atomic E-state index is 0.145. The van der Waals surface area contributed by atoms with E-state index in [-0.39, 0.29) is 6.79 Å². The number of amides is 1. The van der Waals surface area contributed by atoms with Crippen LogP contribution in [0.4, 0.5) is 5.69 Å². The maximum atomic E-state index is 12.3. The highest BCUT2D eigenvalue weighted by Gasteiger charge is 2.21. The molecule has 1 N–H and O–H groups in total. The summed E-state index contributed by atoms with van der Waals surface area (Å²) in [4.78, 5) is 12.3. The van der Waals surface area contributed by atoms with Crippen molar-refractivity contribution >= 4 is 43.8 Å². The first-order chi connectivity index (χ1) is 14.3. The molecule has 0 unspecified atom stereocenters. The van der Waals surface area contributed by atoms with Crippen LogP contribution in [-0.4, -0.2) is 46.7 Å². The van der Waals surface area contributed by atoms with Gasteiger partial charge in [-0.2, -0.15) is 5.10 Å². The summed E-state index contributed by atoms with van der Waals surface area (Å²) in [6.07, 6.45) is 2.45. The fourth-order valence-corrected chi connectivity index (χ4v) is 3.93. The van der Waals surface area contributed by atoms with Gasteiger partial charge in [0.1, 0.15) is 12.3 Å². The summed E-state index contributed by atoms with van der Waals surface area (Å²) in [6, 6.07) is 9.89. The monoisotopic (exact) mass is 497 g/mol. The quantitative estimate of drug-likeness (QED) is 0.443. The van der Waals surface area contributed by atoms with Gasteiger partial charge in [0.05, 0.1) is 24.8 Å². The zero-order chi connectivity index (χ0) is 21.7. The van der Waals surface area contributed by atoms with E-state index in [1.54, 1.807) is 36.4 Å². The lowest BCUT2D eigenvalue weighted by Crippen LogP contribution is -2.39. The second-order valence-corrected chi connectivity index (χ2v) is 8.98. The van der Waals surface area contributed by atoms with Crippen LogP contribution in [0, 0.1) is 0 Å². The summed E-state index contributed by atoms with van der Waals surface area (Å²) in [6.45, 7) is 2.07. The maximum Gasteiger partial charge on any atom is 0.260 e. The van der Waals surface area contributed by atoms with Crippen LogP contribution in [0.5, 0.6) is 17.2 Å². The summed E-state index contributed by atoms with van der Waals surface area (Å²) in [5, 5.41) is 3.90. The van der Waals surface area contributed by atoms with Gasteiger partial charge < -0.3 is 14.2 Å². The van der Waals surface area contributed by atoms with E-state index in [0.717, 1.165) is 10.6 Å². The maximum absolute atomic E-state index is 12.3. The van der Waals surface area contributed by atoms with Crippen molar-refractivity contribution in [3.63, 3.8) is 0 Å².